The highest BCUT2D eigenvalue weighted by Gasteiger charge is 2.31. The Labute approximate surface area is 749 Å². The van der Waals surface area contributed by atoms with Crippen LogP contribution in [0.5, 0.6) is 0 Å². The van der Waals surface area contributed by atoms with Crippen LogP contribution in [0.2, 0.25) is 0 Å². The van der Waals surface area contributed by atoms with E-state index in [1.165, 1.54) is 65.2 Å². The molecular formula is C81H171N11O34. The minimum atomic E-state index is -1.00. The van der Waals surface area contributed by atoms with Crippen molar-refractivity contribution in [3.63, 3.8) is 0 Å². The van der Waals surface area contributed by atoms with Crippen LogP contribution in [-0.2, 0) is 58.0 Å². The van der Waals surface area contributed by atoms with Crippen LogP contribution in [0.3, 0.4) is 0 Å². The summed E-state index contributed by atoms with van der Waals surface area (Å²) in [6.07, 6.45) is 17.3. The number of hydrogen-bond acceptors (Lipinski definition) is 34. The lowest BCUT2D eigenvalue weighted by Crippen LogP contribution is -2.38. The van der Waals surface area contributed by atoms with Crippen molar-refractivity contribution in [2.45, 2.75) is 437 Å². The van der Waals surface area contributed by atoms with Crippen molar-refractivity contribution in [1.82, 2.24) is 0 Å². The summed E-state index contributed by atoms with van der Waals surface area (Å²) < 4.78 is 5.22. The summed E-state index contributed by atoms with van der Waals surface area (Å²) in [6.45, 7) is 64.4. The second kappa shape index (κ2) is 88.2. The molecule has 126 heavy (non-hydrogen) atoms. The molecule has 0 heterocycles. The van der Waals surface area contributed by atoms with E-state index in [1.807, 2.05) is 90.0 Å². The third-order valence-electron chi connectivity index (χ3n) is 17.1. The topological polar surface area (TPSA) is 585 Å². The lowest BCUT2D eigenvalue weighted by atomic mass is 9.79. The second-order valence-electron chi connectivity index (χ2n) is 35.7. The van der Waals surface area contributed by atoms with Crippen LogP contribution in [-0.4, -0.2) is 137 Å². The molecule has 11 unspecified atom stereocenters. The second-order valence-corrected chi connectivity index (χ2v) is 35.7. The molecule has 0 aliphatic rings. The van der Waals surface area contributed by atoms with E-state index >= 15 is 0 Å². The zero-order valence-electron chi connectivity index (χ0n) is 82.5. The van der Waals surface area contributed by atoms with Gasteiger partial charge in [-0.1, -0.05) is 271 Å². The molecule has 0 aromatic carbocycles. The number of hydrogen-bond donors (Lipinski definition) is 0. The number of nitrogens with zero attached hydrogens (tertiary/aromatic N) is 11. The molecule has 0 radical (unpaired) electrons. The number of unbranched alkanes of at least 4 members (excludes halogenated alkanes) is 4. The quantitative estimate of drug-likeness (QED) is 0.0310. The van der Waals surface area contributed by atoms with Crippen LogP contribution >= 0.6 is 0 Å². The molecule has 11 atom stereocenters. The molecule has 0 bridgehead atoms. The van der Waals surface area contributed by atoms with Gasteiger partial charge in [-0.05, 0) is 175 Å². The fourth-order valence-corrected chi connectivity index (χ4v) is 11.6. The van der Waals surface area contributed by atoms with Gasteiger partial charge in [0, 0.05) is 6.61 Å². The number of rotatable bonds is 62. The fourth-order valence-electron chi connectivity index (χ4n) is 11.6. The molecule has 754 valence electrons. The van der Waals surface area contributed by atoms with E-state index in [1.54, 1.807) is 20.8 Å². The summed E-state index contributed by atoms with van der Waals surface area (Å²) in [7, 11) is 0. The van der Waals surface area contributed by atoms with Gasteiger partial charge >= 0.3 is 0 Å². The van der Waals surface area contributed by atoms with Gasteiger partial charge in [0.15, 0.2) is 0 Å². The zero-order valence-corrected chi connectivity index (χ0v) is 82.5. The van der Waals surface area contributed by atoms with E-state index in [9.17, 15) is 111 Å². The predicted octanol–water partition coefficient (Wildman–Crippen LogP) is 22.6. The maximum Gasteiger partial charge on any atom is 0.294 e. The summed E-state index contributed by atoms with van der Waals surface area (Å²) in [5.74, 6) is 5.18. The molecule has 0 spiro atoms. The minimum Gasteiger partial charge on any atom is -0.379 e. The molecular weight excluding hydrogens is 1670 g/mol. The average Bonchev–Trinajstić information content (AvgIpc) is 0.892. The van der Waals surface area contributed by atoms with Crippen LogP contribution in [0.15, 0.2) is 0 Å². The molecule has 0 amide bonds. The summed E-state index contributed by atoms with van der Waals surface area (Å²) in [6, 6.07) is 0. The summed E-state index contributed by atoms with van der Waals surface area (Å²) in [5.41, 5.74) is 0.102. The lowest BCUT2D eigenvalue weighted by molar-refractivity contribution is -0.799. The highest BCUT2D eigenvalue weighted by atomic mass is 17.0. The van der Waals surface area contributed by atoms with Gasteiger partial charge in [-0.2, -0.15) is 0 Å². The molecule has 0 rings (SSSR count). The molecule has 0 aromatic heterocycles. The van der Waals surface area contributed by atoms with Gasteiger partial charge in [0.2, 0.25) is 0 Å². The molecule has 45 heteroatoms. The van der Waals surface area contributed by atoms with Crippen molar-refractivity contribution < 1.29 is 114 Å². The Hall–Kier alpha value is -8.84. The van der Waals surface area contributed by atoms with Crippen LogP contribution in [0.4, 0.5) is 0 Å². The smallest absolute Gasteiger partial charge is 0.294 e. The molecule has 0 saturated carbocycles. The lowest BCUT2D eigenvalue weighted by Gasteiger charge is -2.29. The molecule has 0 aliphatic carbocycles. The Balaban J connectivity index is -0.000000149. The van der Waals surface area contributed by atoms with Gasteiger partial charge in [0.1, 0.15) is 67.6 Å². The average molecular weight is 1840 g/mol. The minimum absolute atomic E-state index is 0.102. The van der Waals surface area contributed by atoms with Crippen molar-refractivity contribution >= 4 is 0 Å². The van der Waals surface area contributed by atoms with Gasteiger partial charge in [-0.15, -0.1) is 111 Å². The van der Waals surface area contributed by atoms with Crippen molar-refractivity contribution in [3.05, 3.63) is 111 Å². The van der Waals surface area contributed by atoms with Crippen molar-refractivity contribution in [2.75, 3.05) is 19.8 Å². The maximum absolute atomic E-state index is 10.3. The Morgan fingerprint density at radius 1 is 0.254 bits per heavy atom. The summed E-state index contributed by atoms with van der Waals surface area (Å²) >= 11 is 0. The van der Waals surface area contributed by atoms with E-state index in [-0.39, 0.29) is 48.3 Å². The van der Waals surface area contributed by atoms with Crippen LogP contribution in [0.25, 0.3) is 0 Å². The molecule has 45 nitrogen and oxygen atoms in total. The van der Waals surface area contributed by atoms with E-state index in [0.29, 0.717) is 93.0 Å². The third kappa shape index (κ3) is 126. The SMILES string of the molecule is CC(C)CC(C)C(O[N+](=O)[O-])C(C)O[N+](=O)[O-].CC(C)CC(C)O[N+](=O)[O-].CC(C)CC(CO[N+](=O)[O-])O[N+](=O)[O-].CC(C)CCC(O[N+](=O)[O-])C(C)O[N+](=O)[O-].CC(C)CCCC(C)O[N+](=O)[O-].CCC(CC(C)(C)CC(C)C)O[N+](=O)[O-].CCC(CCCC(C)C)O[N+](=O)[O-].CCC(COCC(C)C)O[N+](=O)[O-].CCCCC(C)C.CCCCCCC(C)C. The summed E-state index contributed by atoms with van der Waals surface area (Å²) in [5, 5.41) is 101. The van der Waals surface area contributed by atoms with Gasteiger partial charge < -0.3 is 58.0 Å². The highest BCUT2D eigenvalue weighted by Crippen LogP contribution is 2.32. The first-order valence-electron chi connectivity index (χ1n) is 44.4. The molecule has 0 N–H and O–H groups in total. The fraction of sp³-hybridized carbons (Fsp3) is 1.00. The summed E-state index contributed by atoms with van der Waals surface area (Å²) in [4.78, 5) is 158. The molecule has 0 aliphatic heterocycles. The Kier molecular flexibility index (Phi) is 96.4. The van der Waals surface area contributed by atoms with Gasteiger partial charge in [-0.3, -0.25) is 0 Å². The molecule has 0 fully saturated rings. The Bertz CT molecular complexity index is 2640. The van der Waals surface area contributed by atoms with Crippen LogP contribution in [0.1, 0.15) is 376 Å². The van der Waals surface area contributed by atoms with Crippen molar-refractivity contribution in [3.8, 4) is 0 Å². The first-order valence-corrected chi connectivity index (χ1v) is 44.4. The standard InChI is InChI=1S/C11H23NO3.C9H18N2O6.C9H19NO3.C9H20.C8H16N2O6.C8H17NO4.C8H17NO3.C7H16.C6H12N2O6.C6H13NO3/c1-6-10(15-12(13)14)8-11(4,5)7-9(2)3;1-6(2)5-7(3)9(17-11(14)15)8(4)16-10(12)13;1-4-9(13-10(11)12)7-5-6-8(2)3;1-4-5-6-7-8-9(2)3;1-6(2)4-5-8(16-10(13)14)7(3)15-9(11)12;1-4-8(13-9(10)11)6-12-5-7(2)3;1-7(2)5-4-6-8(3)12-9(10)11;1-4-5-6-7(2)3;1-5(2)3-6(14-8(11)12)4-13-7(9)10;1-5(2)4-6(3)10-7(8)9/h9-10H,6-8H2,1-5H3;6-9H,5H2,1-4H3;8-9H,4-7H2,1-3H3;9H,4-8H2,1-3H3;6-8H,4-5H2,1-3H3;7-8H,4-6H2,1-3H3;7-8H,4-6H2,1-3H3;7H,4-6H2,1-3H3;5-6H,3-4H2,1-2H3;5-6H,4H2,1-3H3. The first kappa shape index (κ1) is 138. The molecule has 0 aromatic rings. The van der Waals surface area contributed by atoms with Gasteiger partial charge in [0.25, 0.3) is 56.0 Å². The van der Waals surface area contributed by atoms with E-state index < -0.39 is 99.2 Å². The van der Waals surface area contributed by atoms with Gasteiger partial charge in [0.05, 0.1) is 6.61 Å². The predicted molar refractivity (Wildman–Crippen MR) is 476 cm³/mol. The Morgan fingerprint density at radius 3 is 0.960 bits per heavy atom. The third-order valence-corrected chi connectivity index (χ3v) is 17.1. The Morgan fingerprint density at radius 2 is 0.611 bits per heavy atom. The van der Waals surface area contributed by atoms with Crippen LogP contribution < -0.4 is 0 Å². The maximum atomic E-state index is 10.3. The number of ether oxygens (including phenoxy) is 1. The van der Waals surface area contributed by atoms with E-state index in [0.717, 1.165) is 69.6 Å². The molecule has 0 saturated heterocycles. The monoisotopic (exact) mass is 1840 g/mol. The normalized spacial score (nSPS) is 13.3. The van der Waals surface area contributed by atoms with Crippen molar-refractivity contribution in [1.29, 1.82) is 0 Å². The zero-order chi connectivity index (χ0) is 101. The highest BCUT2D eigenvalue weighted by molar-refractivity contribution is 4.75. The van der Waals surface area contributed by atoms with E-state index in [4.69, 9.17) is 4.74 Å². The van der Waals surface area contributed by atoms with Crippen molar-refractivity contribution in [2.24, 2.45) is 70.5 Å². The van der Waals surface area contributed by atoms with Crippen LogP contribution in [0, 0.1) is 182 Å². The first-order chi connectivity index (χ1) is 57.9. The largest absolute Gasteiger partial charge is 0.379 e. The van der Waals surface area contributed by atoms with Gasteiger partial charge in [-0.25, -0.2) is 0 Å². The van der Waals surface area contributed by atoms with E-state index in [2.05, 4.69) is 150 Å².